The third-order valence-corrected chi connectivity index (χ3v) is 1.34. The lowest BCUT2D eigenvalue weighted by Gasteiger charge is -1.92. The number of imidazole rings is 1. The summed E-state index contributed by atoms with van der Waals surface area (Å²) in [7, 11) is 0. The highest BCUT2D eigenvalue weighted by Crippen LogP contribution is 2.00. The van der Waals surface area contributed by atoms with Gasteiger partial charge in [-0.05, 0) is 0 Å². The molecule has 0 fully saturated rings. The quantitative estimate of drug-likeness (QED) is 0.657. The Morgan fingerprint density at radius 3 is 3.00 bits per heavy atom. The van der Waals surface area contributed by atoms with E-state index in [1.54, 1.807) is 6.20 Å². The number of halogens is 1. The van der Waals surface area contributed by atoms with Crippen molar-refractivity contribution >= 4 is 11.8 Å². The van der Waals surface area contributed by atoms with Gasteiger partial charge in [0.05, 0.1) is 5.69 Å². The Kier molecular flexibility index (Phi) is 2.08. The van der Waals surface area contributed by atoms with Crippen molar-refractivity contribution in [3.05, 3.63) is 18.2 Å². The molecule has 1 aromatic rings. The van der Waals surface area contributed by atoms with Gasteiger partial charge in [0.25, 0.3) is 0 Å². The Hall–Kier alpha value is -0.540. The van der Waals surface area contributed by atoms with E-state index in [9.17, 15) is 0 Å². The van der Waals surface area contributed by atoms with Gasteiger partial charge >= 0.3 is 0 Å². The molecule has 0 aliphatic rings. The van der Waals surface area contributed by atoms with Crippen LogP contribution in [0.4, 0.5) is 0 Å². The lowest BCUT2D eigenvalue weighted by Crippen LogP contribution is -1.93. The average molecular weight is 147 g/mol. The molecular weight excluding hydrogens is 140 g/mol. The van der Waals surface area contributed by atoms with E-state index in [0.29, 0.717) is 6.42 Å². The third-order valence-electron chi connectivity index (χ3n) is 1.03. The lowest BCUT2D eigenvalue weighted by atomic mass is 10.4. The van der Waals surface area contributed by atoms with Crippen molar-refractivity contribution in [2.24, 2.45) is 0 Å². The molecular formula is C5H7ClN2O. The van der Waals surface area contributed by atoms with Crippen molar-refractivity contribution in [1.82, 2.24) is 9.07 Å². The predicted molar refractivity (Wildman–Crippen MR) is 34.3 cm³/mol. The first-order chi connectivity index (χ1) is 4.34. The van der Waals surface area contributed by atoms with E-state index < -0.39 is 0 Å². The van der Waals surface area contributed by atoms with Gasteiger partial charge in [-0.15, -0.1) is 0 Å². The van der Waals surface area contributed by atoms with Crippen molar-refractivity contribution in [2.45, 2.75) is 6.42 Å². The molecule has 0 saturated heterocycles. The molecule has 0 atom stereocenters. The number of aliphatic hydroxyl groups is 1. The zero-order valence-electron chi connectivity index (χ0n) is 4.79. The standard InChI is InChI=1S/C5H7ClN2O/c6-8-4-7-3-5(8)1-2-9/h3-4,9H,1-2H2. The lowest BCUT2D eigenvalue weighted by molar-refractivity contribution is 0.298. The molecule has 0 spiro atoms. The highest BCUT2D eigenvalue weighted by atomic mass is 35.5. The largest absolute Gasteiger partial charge is 0.396 e. The molecule has 0 bridgehead atoms. The minimum atomic E-state index is 0.110. The van der Waals surface area contributed by atoms with Crippen molar-refractivity contribution in [1.29, 1.82) is 0 Å². The van der Waals surface area contributed by atoms with Gasteiger partial charge in [-0.2, -0.15) is 0 Å². The summed E-state index contributed by atoms with van der Waals surface area (Å²) in [5.74, 6) is 0. The molecule has 0 amide bonds. The second-order valence-electron chi connectivity index (χ2n) is 1.67. The van der Waals surface area contributed by atoms with Crippen molar-refractivity contribution in [3.63, 3.8) is 0 Å². The van der Waals surface area contributed by atoms with Crippen LogP contribution in [0.25, 0.3) is 0 Å². The minimum absolute atomic E-state index is 0.110. The maximum atomic E-state index is 8.46. The van der Waals surface area contributed by atoms with Crippen LogP contribution in [0.15, 0.2) is 12.5 Å². The summed E-state index contributed by atoms with van der Waals surface area (Å²) in [6.07, 6.45) is 3.68. The second kappa shape index (κ2) is 2.85. The van der Waals surface area contributed by atoms with Crippen LogP contribution < -0.4 is 0 Å². The maximum absolute atomic E-state index is 8.46. The van der Waals surface area contributed by atoms with Gasteiger partial charge in [0.1, 0.15) is 6.33 Å². The first-order valence-corrected chi connectivity index (χ1v) is 2.96. The number of hydrogen-bond acceptors (Lipinski definition) is 2. The molecule has 0 aliphatic heterocycles. The Morgan fingerprint density at radius 2 is 2.56 bits per heavy atom. The SMILES string of the molecule is OCCc1cncn1Cl. The van der Waals surface area contributed by atoms with E-state index in [4.69, 9.17) is 16.9 Å². The zero-order chi connectivity index (χ0) is 6.69. The monoisotopic (exact) mass is 146 g/mol. The molecule has 0 aromatic carbocycles. The molecule has 4 heteroatoms. The molecule has 9 heavy (non-hydrogen) atoms. The van der Waals surface area contributed by atoms with E-state index >= 15 is 0 Å². The molecule has 1 N–H and O–H groups in total. The van der Waals surface area contributed by atoms with Crippen LogP contribution in [0.3, 0.4) is 0 Å². The van der Waals surface area contributed by atoms with Gasteiger partial charge in [-0.3, -0.25) is 0 Å². The summed E-state index contributed by atoms with van der Waals surface area (Å²) < 4.78 is 1.37. The van der Waals surface area contributed by atoms with Gasteiger partial charge in [-0.25, -0.2) is 9.07 Å². The number of hydrogen-bond donors (Lipinski definition) is 1. The highest BCUT2D eigenvalue weighted by molar-refractivity contribution is 6.15. The Bertz CT molecular complexity index is 187. The van der Waals surface area contributed by atoms with Crippen molar-refractivity contribution in [2.75, 3.05) is 6.61 Å². The summed E-state index contributed by atoms with van der Waals surface area (Å²) in [6.45, 7) is 0.110. The maximum Gasteiger partial charge on any atom is 0.110 e. The molecule has 50 valence electrons. The summed E-state index contributed by atoms with van der Waals surface area (Å²) in [4.78, 5) is 3.76. The van der Waals surface area contributed by atoms with Crippen LogP contribution >= 0.6 is 11.8 Å². The molecule has 0 aliphatic carbocycles. The van der Waals surface area contributed by atoms with E-state index in [-0.39, 0.29) is 6.61 Å². The summed E-state index contributed by atoms with van der Waals surface area (Å²) >= 11 is 5.56. The molecule has 1 rings (SSSR count). The normalized spacial score (nSPS) is 10.0. The average Bonchev–Trinajstić information content (AvgIpc) is 2.18. The Balaban J connectivity index is 2.69. The van der Waals surface area contributed by atoms with Crippen LogP contribution in [-0.2, 0) is 6.42 Å². The van der Waals surface area contributed by atoms with Crippen LogP contribution in [0.2, 0.25) is 0 Å². The molecule has 1 heterocycles. The second-order valence-corrected chi connectivity index (χ2v) is 2.03. The van der Waals surface area contributed by atoms with Crippen LogP contribution in [0.5, 0.6) is 0 Å². The van der Waals surface area contributed by atoms with Gasteiger partial charge < -0.3 is 5.11 Å². The summed E-state index contributed by atoms with van der Waals surface area (Å²) in [5, 5.41) is 8.46. The molecule has 1 aromatic heterocycles. The highest BCUT2D eigenvalue weighted by Gasteiger charge is 1.95. The fourth-order valence-electron chi connectivity index (χ4n) is 0.593. The van der Waals surface area contributed by atoms with Crippen LogP contribution in [0.1, 0.15) is 5.69 Å². The number of aliphatic hydroxyl groups excluding tert-OH is 1. The van der Waals surface area contributed by atoms with Gasteiger partial charge in [0.15, 0.2) is 0 Å². The van der Waals surface area contributed by atoms with E-state index in [2.05, 4.69) is 4.98 Å². The van der Waals surface area contributed by atoms with E-state index in [1.807, 2.05) is 0 Å². The fourth-order valence-corrected chi connectivity index (χ4v) is 0.772. The summed E-state index contributed by atoms with van der Waals surface area (Å²) in [5.41, 5.74) is 0.833. The van der Waals surface area contributed by atoms with Gasteiger partial charge in [0, 0.05) is 31.0 Å². The number of rotatable bonds is 2. The van der Waals surface area contributed by atoms with Crippen LogP contribution in [0, 0.1) is 0 Å². The summed E-state index contributed by atoms with van der Waals surface area (Å²) in [6, 6.07) is 0. The van der Waals surface area contributed by atoms with Crippen molar-refractivity contribution in [3.8, 4) is 0 Å². The predicted octanol–water partition coefficient (Wildman–Crippen LogP) is 0.420. The molecule has 0 unspecified atom stereocenters. The first kappa shape index (κ1) is 6.58. The minimum Gasteiger partial charge on any atom is -0.396 e. The Morgan fingerprint density at radius 1 is 1.78 bits per heavy atom. The molecule has 0 radical (unpaired) electrons. The smallest absolute Gasteiger partial charge is 0.110 e. The van der Waals surface area contributed by atoms with Gasteiger partial charge in [-0.1, -0.05) is 0 Å². The van der Waals surface area contributed by atoms with E-state index in [0.717, 1.165) is 5.69 Å². The van der Waals surface area contributed by atoms with Gasteiger partial charge in [0.2, 0.25) is 0 Å². The molecule has 3 nitrogen and oxygen atoms in total. The van der Waals surface area contributed by atoms with Crippen molar-refractivity contribution < 1.29 is 5.11 Å². The van der Waals surface area contributed by atoms with E-state index in [1.165, 1.54) is 10.4 Å². The molecule has 0 saturated carbocycles. The number of aromatic nitrogens is 2. The fraction of sp³-hybridized carbons (Fsp3) is 0.400. The topological polar surface area (TPSA) is 38.1 Å². The third kappa shape index (κ3) is 1.43. The van der Waals surface area contributed by atoms with Crippen LogP contribution in [-0.4, -0.2) is 20.8 Å². The zero-order valence-corrected chi connectivity index (χ0v) is 5.54. The Labute approximate surface area is 58.0 Å². The number of nitrogens with zero attached hydrogens (tertiary/aromatic N) is 2. The first-order valence-electron chi connectivity index (χ1n) is 2.63.